The van der Waals surface area contributed by atoms with Crippen molar-refractivity contribution >= 4 is 42.1 Å². The third kappa shape index (κ3) is 4.96. The second-order valence-corrected chi connectivity index (χ2v) is 6.45. The van der Waals surface area contributed by atoms with Crippen molar-refractivity contribution in [3.8, 4) is 10.6 Å². The van der Waals surface area contributed by atoms with E-state index in [9.17, 15) is 4.79 Å². The van der Waals surface area contributed by atoms with Crippen LogP contribution in [0.2, 0.25) is 0 Å². The molecular weight excluding hydrogens is 369 g/mol. The zero-order valence-electron chi connectivity index (χ0n) is 13.6. The predicted molar refractivity (Wildman–Crippen MR) is 101 cm³/mol. The Morgan fingerprint density at radius 3 is 2.79 bits per heavy atom. The topological polar surface area (TPSA) is 58.4 Å². The van der Waals surface area contributed by atoms with Crippen molar-refractivity contribution in [2.24, 2.45) is 5.92 Å². The molecule has 0 aliphatic carbocycles. The minimum absolute atomic E-state index is 0. The molecule has 0 atom stereocenters. The predicted octanol–water partition coefficient (Wildman–Crippen LogP) is 3.71. The van der Waals surface area contributed by atoms with Gasteiger partial charge in [-0.25, -0.2) is 4.98 Å². The smallest absolute Gasteiger partial charge is 0.273 e. The zero-order chi connectivity index (χ0) is 15.4. The average molecular weight is 392 g/mol. The van der Waals surface area contributed by atoms with Gasteiger partial charge in [-0.05, 0) is 37.9 Å². The third-order valence-electron chi connectivity index (χ3n) is 4.08. The van der Waals surface area contributed by atoms with Crippen LogP contribution in [-0.2, 0) is 0 Å². The molecule has 1 aliphatic rings. The number of aromatic nitrogens is 1. The minimum atomic E-state index is 0. The number of hydrogen-bond acceptors (Lipinski definition) is 5. The van der Waals surface area contributed by atoms with Crippen molar-refractivity contribution in [1.82, 2.24) is 15.2 Å². The van der Waals surface area contributed by atoms with Crippen LogP contribution in [0.25, 0.3) is 10.6 Å². The second kappa shape index (κ2) is 10.0. The van der Waals surface area contributed by atoms with Crippen LogP contribution in [-0.4, -0.2) is 42.0 Å². The number of thiazole rings is 1. The van der Waals surface area contributed by atoms with Gasteiger partial charge < -0.3 is 14.6 Å². The van der Waals surface area contributed by atoms with Crippen LogP contribution < -0.4 is 5.32 Å². The maximum absolute atomic E-state index is 12.5. The highest BCUT2D eigenvalue weighted by Crippen LogP contribution is 2.25. The molecular formula is C16H23Cl2N3O2S. The van der Waals surface area contributed by atoms with Crippen molar-refractivity contribution < 1.29 is 9.21 Å². The molecule has 0 unspecified atom stereocenters. The molecule has 1 fully saturated rings. The summed E-state index contributed by atoms with van der Waals surface area (Å²) in [6.07, 6.45) is 5.40. The first-order chi connectivity index (χ1) is 10.8. The first-order valence-electron chi connectivity index (χ1n) is 7.76. The van der Waals surface area contributed by atoms with Gasteiger partial charge in [-0.15, -0.1) is 36.2 Å². The van der Waals surface area contributed by atoms with Crippen LogP contribution in [0, 0.1) is 5.92 Å². The first-order valence-corrected chi connectivity index (χ1v) is 8.64. The summed E-state index contributed by atoms with van der Waals surface area (Å²) in [5.41, 5.74) is 1.47. The Bertz CT molecular complexity index is 611. The molecule has 0 bridgehead atoms. The van der Waals surface area contributed by atoms with E-state index in [0.29, 0.717) is 11.6 Å². The molecule has 1 saturated heterocycles. The van der Waals surface area contributed by atoms with Crippen molar-refractivity contribution in [3.63, 3.8) is 0 Å². The van der Waals surface area contributed by atoms with Gasteiger partial charge >= 0.3 is 0 Å². The van der Waals surface area contributed by atoms with Gasteiger partial charge in [-0.2, -0.15) is 0 Å². The van der Waals surface area contributed by atoms with Crippen molar-refractivity contribution in [3.05, 3.63) is 29.7 Å². The highest BCUT2D eigenvalue weighted by atomic mass is 35.5. The number of piperidine rings is 1. The molecule has 0 saturated carbocycles. The quantitative estimate of drug-likeness (QED) is 0.843. The van der Waals surface area contributed by atoms with Crippen molar-refractivity contribution in [2.45, 2.75) is 19.8 Å². The lowest BCUT2D eigenvalue weighted by molar-refractivity contribution is 0.0685. The van der Waals surface area contributed by atoms with Crippen molar-refractivity contribution in [1.29, 1.82) is 0 Å². The van der Waals surface area contributed by atoms with Crippen LogP contribution in [0.1, 0.15) is 30.3 Å². The number of amides is 1. The number of carbonyl (C=O) groups is 1. The molecule has 8 heteroatoms. The summed E-state index contributed by atoms with van der Waals surface area (Å²) in [6.45, 7) is 5.84. The lowest BCUT2D eigenvalue weighted by atomic mass is 9.96. The Hall–Kier alpha value is -1.08. The van der Waals surface area contributed by atoms with E-state index >= 15 is 0 Å². The van der Waals surface area contributed by atoms with Gasteiger partial charge in [0.15, 0.2) is 0 Å². The number of carbonyl (C=O) groups excluding carboxylic acids is 1. The third-order valence-corrected chi connectivity index (χ3v) is 4.97. The van der Waals surface area contributed by atoms with Crippen LogP contribution in [0.5, 0.6) is 0 Å². The van der Waals surface area contributed by atoms with E-state index in [1.165, 1.54) is 11.3 Å². The highest BCUT2D eigenvalue weighted by Gasteiger charge is 2.25. The summed E-state index contributed by atoms with van der Waals surface area (Å²) in [6, 6.07) is 1.86. The summed E-state index contributed by atoms with van der Waals surface area (Å²) in [5.74, 6) is 0.730. The van der Waals surface area contributed by atoms with Gasteiger partial charge in [0.1, 0.15) is 17.0 Å². The Balaban J connectivity index is 0.00000144. The fraction of sp³-hybridized carbons (Fsp3) is 0.500. The zero-order valence-corrected chi connectivity index (χ0v) is 16.0. The van der Waals surface area contributed by atoms with Crippen LogP contribution in [0.3, 0.4) is 0 Å². The van der Waals surface area contributed by atoms with E-state index in [1.54, 1.807) is 12.5 Å². The molecule has 5 nitrogen and oxygen atoms in total. The minimum Gasteiger partial charge on any atom is -0.472 e. The number of rotatable bonds is 5. The molecule has 24 heavy (non-hydrogen) atoms. The summed E-state index contributed by atoms with van der Waals surface area (Å²) in [7, 11) is 0. The monoisotopic (exact) mass is 391 g/mol. The summed E-state index contributed by atoms with van der Waals surface area (Å²) in [5, 5.41) is 6.06. The maximum atomic E-state index is 12.5. The molecule has 1 aliphatic heterocycles. The van der Waals surface area contributed by atoms with Crippen LogP contribution >= 0.6 is 36.2 Å². The molecule has 134 valence electrons. The van der Waals surface area contributed by atoms with E-state index in [-0.39, 0.29) is 30.7 Å². The number of nitrogens with zero attached hydrogens (tertiary/aromatic N) is 2. The molecule has 2 aromatic heterocycles. The lowest BCUT2D eigenvalue weighted by Gasteiger charge is -2.31. The van der Waals surface area contributed by atoms with Crippen molar-refractivity contribution in [2.75, 3.05) is 26.2 Å². The molecule has 1 amide bonds. The van der Waals surface area contributed by atoms with E-state index in [1.807, 2.05) is 16.3 Å². The fourth-order valence-electron chi connectivity index (χ4n) is 2.74. The van der Waals surface area contributed by atoms with Gasteiger partial charge in [0.05, 0.1) is 6.26 Å². The SMILES string of the molecule is CCNCC1CCN(C(=O)c2csc(-c3ccoc3)n2)CC1.Cl.Cl. The molecule has 0 aromatic carbocycles. The second-order valence-electron chi connectivity index (χ2n) is 5.59. The molecule has 0 spiro atoms. The van der Waals surface area contributed by atoms with E-state index in [2.05, 4.69) is 17.2 Å². The fourth-order valence-corrected chi connectivity index (χ4v) is 3.52. The Morgan fingerprint density at radius 1 is 1.42 bits per heavy atom. The molecule has 2 aromatic rings. The largest absolute Gasteiger partial charge is 0.472 e. The Morgan fingerprint density at radius 2 is 2.17 bits per heavy atom. The van der Waals surface area contributed by atoms with E-state index in [0.717, 1.165) is 49.6 Å². The summed E-state index contributed by atoms with van der Waals surface area (Å²) >= 11 is 1.48. The van der Waals surface area contributed by atoms with Gasteiger partial charge in [0.2, 0.25) is 0 Å². The standard InChI is InChI=1S/C16H21N3O2S.2ClH/c1-2-17-9-12-3-6-19(7-4-12)16(20)14-11-22-15(18-14)13-5-8-21-10-13;;/h5,8,10-12,17H,2-4,6-7,9H2,1H3;2*1H. The first kappa shape index (κ1) is 21.0. The van der Waals surface area contributed by atoms with E-state index < -0.39 is 0 Å². The van der Waals surface area contributed by atoms with Gasteiger partial charge in [0.25, 0.3) is 5.91 Å². The molecule has 3 heterocycles. The number of nitrogens with one attached hydrogen (secondary N) is 1. The molecule has 0 radical (unpaired) electrons. The Kier molecular flexibility index (Phi) is 8.76. The summed E-state index contributed by atoms with van der Waals surface area (Å²) in [4.78, 5) is 18.9. The highest BCUT2D eigenvalue weighted by molar-refractivity contribution is 7.13. The Labute approximate surface area is 158 Å². The summed E-state index contributed by atoms with van der Waals surface area (Å²) < 4.78 is 5.06. The normalized spacial score (nSPS) is 14.8. The van der Waals surface area contributed by atoms with Crippen LogP contribution in [0.15, 0.2) is 28.4 Å². The average Bonchev–Trinajstić information content (AvgIpc) is 3.23. The number of furan rings is 1. The van der Waals surface area contributed by atoms with Gasteiger partial charge in [-0.1, -0.05) is 6.92 Å². The van der Waals surface area contributed by atoms with Gasteiger partial charge in [-0.3, -0.25) is 4.79 Å². The maximum Gasteiger partial charge on any atom is 0.273 e. The number of hydrogen-bond donors (Lipinski definition) is 1. The van der Waals surface area contributed by atoms with E-state index in [4.69, 9.17) is 4.42 Å². The lowest BCUT2D eigenvalue weighted by Crippen LogP contribution is -2.40. The van der Waals surface area contributed by atoms with Crippen LogP contribution in [0.4, 0.5) is 0 Å². The number of likely N-dealkylation sites (tertiary alicyclic amines) is 1. The van der Waals surface area contributed by atoms with Gasteiger partial charge in [0, 0.05) is 24.0 Å². The molecule has 3 rings (SSSR count). The number of halogens is 2. The molecule has 1 N–H and O–H groups in total.